The zero-order valence-electron chi connectivity index (χ0n) is 16.4. The van der Waals surface area contributed by atoms with Crippen LogP contribution < -0.4 is 10.4 Å². The van der Waals surface area contributed by atoms with Crippen LogP contribution in [-0.2, 0) is 4.43 Å². The first-order valence-electron chi connectivity index (χ1n) is 9.34. The van der Waals surface area contributed by atoms with Crippen LogP contribution in [-0.4, -0.2) is 20.1 Å². The SMILES string of the molecule is CC(C)(C)C(O[Si](c1ccccc1)c1ccccc1)c1ccccc1C(=O)O. The van der Waals surface area contributed by atoms with Crippen molar-refractivity contribution in [3.05, 3.63) is 96.1 Å². The molecule has 1 unspecified atom stereocenters. The van der Waals surface area contributed by atoms with Crippen molar-refractivity contribution in [3.63, 3.8) is 0 Å². The molecule has 0 bridgehead atoms. The maximum atomic E-state index is 11.8. The van der Waals surface area contributed by atoms with Crippen LogP contribution in [0.3, 0.4) is 0 Å². The van der Waals surface area contributed by atoms with Gasteiger partial charge in [-0.1, -0.05) is 99.6 Å². The zero-order valence-corrected chi connectivity index (χ0v) is 17.4. The molecule has 1 N–H and O–H groups in total. The summed E-state index contributed by atoms with van der Waals surface area (Å²) in [5.74, 6) is -0.929. The molecule has 0 spiro atoms. The van der Waals surface area contributed by atoms with Gasteiger partial charge in [-0.15, -0.1) is 0 Å². The highest BCUT2D eigenvalue weighted by Crippen LogP contribution is 2.38. The second kappa shape index (κ2) is 8.55. The first-order chi connectivity index (χ1) is 13.4. The van der Waals surface area contributed by atoms with E-state index in [9.17, 15) is 9.90 Å². The first kappa shape index (κ1) is 20.1. The van der Waals surface area contributed by atoms with Crippen molar-refractivity contribution in [1.29, 1.82) is 0 Å². The van der Waals surface area contributed by atoms with E-state index in [0.29, 0.717) is 5.56 Å². The van der Waals surface area contributed by atoms with Gasteiger partial charge in [-0.05, 0) is 27.4 Å². The monoisotopic (exact) mass is 389 g/mol. The Balaban J connectivity index is 2.09. The average molecular weight is 390 g/mol. The lowest BCUT2D eigenvalue weighted by molar-refractivity contribution is 0.0665. The summed E-state index contributed by atoms with van der Waals surface area (Å²) in [5, 5.41) is 12.0. The standard InChI is InChI=1S/C24H25O3Si/c1-24(2,3)22(20-16-10-11-17-21(20)23(25)26)27-28(18-12-6-4-7-13-18)19-14-8-5-9-15-19/h4-17,22H,1-3H3,(H,25,26). The highest BCUT2D eigenvalue weighted by Gasteiger charge is 2.34. The van der Waals surface area contributed by atoms with E-state index in [1.54, 1.807) is 12.1 Å². The summed E-state index contributed by atoms with van der Waals surface area (Å²) in [7, 11) is -1.56. The number of carboxylic acid groups (broad SMARTS) is 1. The van der Waals surface area contributed by atoms with Gasteiger partial charge in [0.05, 0.1) is 11.7 Å². The molecule has 3 aromatic rings. The molecule has 0 amide bonds. The second-order valence-corrected chi connectivity index (χ2v) is 9.87. The third-order valence-electron chi connectivity index (χ3n) is 4.57. The van der Waals surface area contributed by atoms with Crippen LogP contribution in [0.2, 0.25) is 0 Å². The number of hydrogen-bond donors (Lipinski definition) is 1. The summed E-state index contributed by atoms with van der Waals surface area (Å²) in [5.41, 5.74) is 0.743. The molecule has 3 rings (SSSR count). The molecule has 0 heterocycles. The van der Waals surface area contributed by atoms with E-state index in [-0.39, 0.29) is 11.5 Å². The maximum Gasteiger partial charge on any atom is 0.336 e. The number of hydrogen-bond acceptors (Lipinski definition) is 2. The second-order valence-electron chi connectivity index (χ2n) is 7.82. The number of carbonyl (C=O) groups is 1. The largest absolute Gasteiger partial charge is 0.478 e. The van der Waals surface area contributed by atoms with E-state index < -0.39 is 15.0 Å². The van der Waals surface area contributed by atoms with Crippen molar-refractivity contribution in [3.8, 4) is 0 Å². The van der Waals surface area contributed by atoms with E-state index in [1.807, 2.05) is 48.5 Å². The lowest BCUT2D eigenvalue weighted by Crippen LogP contribution is -2.47. The van der Waals surface area contributed by atoms with Gasteiger partial charge < -0.3 is 9.53 Å². The Kier molecular flexibility index (Phi) is 6.12. The molecule has 0 saturated carbocycles. The minimum Gasteiger partial charge on any atom is -0.478 e. The fraction of sp³-hybridized carbons (Fsp3) is 0.208. The summed E-state index contributed by atoms with van der Waals surface area (Å²) in [6, 6.07) is 27.6. The highest BCUT2D eigenvalue weighted by molar-refractivity contribution is 6.80. The van der Waals surface area contributed by atoms with E-state index in [4.69, 9.17) is 4.43 Å². The number of rotatable bonds is 6. The van der Waals surface area contributed by atoms with Crippen LogP contribution in [0, 0.1) is 5.41 Å². The molecule has 0 aliphatic carbocycles. The number of aromatic carboxylic acids is 1. The summed E-state index contributed by atoms with van der Waals surface area (Å²) in [6.45, 7) is 6.27. The summed E-state index contributed by atoms with van der Waals surface area (Å²) in [4.78, 5) is 11.8. The van der Waals surface area contributed by atoms with Gasteiger partial charge in [0.15, 0.2) is 0 Å². The third-order valence-corrected chi connectivity index (χ3v) is 6.75. The lowest BCUT2D eigenvalue weighted by atomic mass is 9.83. The van der Waals surface area contributed by atoms with E-state index in [2.05, 4.69) is 45.0 Å². The Morgan fingerprint density at radius 3 is 1.75 bits per heavy atom. The molecule has 143 valence electrons. The van der Waals surface area contributed by atoms with Crippen LogP contribution in [0.25, 0.3) is 0 Å². The van der Waals surface area contributed by atoms with Crippen LogP contribution in [0.5, 0.6) is 0 Å². The molecule has 1 atom stereocenters. The van der Waals surface area contributed by atoms with Crippen molar-refractivity contribution in [2.75, 3.05) is 0 Å². The van der Waals surface area contributed by atoms with E-state index in [0.717, 1.165) is 15.9 Å². The normalized spacial score (nSPS) is 12.7. The Hall–Kier alpha value is -2.69. The Morgan fingerprint density at radius 1 is 0.821 bits per heavy atom. The van der Waals surface area contributed by atoms with E-state index >= 15 is 0 Å². The summed E-state index contributed by atoms with van der Waals surface area (Å²) < 4.78 is 6.80. The molecule has 28 heavy (non-hydrogen) atoms. The summed E-state index contributed by atoms with van der Waals surface area (Å²) in [6.07, 6.45) is -0.353. The summed E-state index contributed by atoms with van der Waals surface area (Å²) >= 11 is 0. The fourth-order valence-electron chi connectivity index (χ4n) is 3.23. The average Bonchev–Trinajstić information content (AvgIpc) is 2.69. The van der Waals surface area contributed by atoms with Gasteiger partial charge >= 0.3 is 5.97 Å². The minimum atomic E-state index is -1.56. The van der Waals surface area contributed by atoms with Gasteiger partial charge in [-0.3, -0.25) is 0 Å². The molecule has 3 nitrogen and oxygen atoms in total. The van der Waals surface area contributed by atoms with E-state index in [1.165, 1.54) is 0 Å². The van der Waals surface area contributed by atoms with Crippen molar-refractivity contribution >= 4 is 25.4 Å². The quantitative estimate of drug-likeness (QED) is 0.640. The molecular formula is C24H25O3Si. The molecule has 0 saturated heterocycles. The van der Waals surface area contributed by atoms with Crippen molar-refractivity contribution in [2.24, 2.45) is 5.41 Å². The van der Waals surface area contributed by atoms with Gasteiger partial charge in [0.2, 0.25) is 0 Å². The first-order valence-corrected chi connectivity index (χ1v) is 10.8. The molecule has 0 aliphatic heterocycles. The lowest BCUT2D eigenvalue weighted by Gasteiger charge is -2.35. The van der Waals surface area contributed by atoms with Crippen LogP contribution in [0.15, 0.2) is 84.9 Å². The Morgan fingerprint density at radius 2 is 1.29 bits per heavy atom. The van der Waals surface area contributed by atoms with Crippen LogP contribution >= 0.6 is 0 Å². The number of benzene rings is 3. The molecular weight excluding hydrogens is 364 g/mol. The van der Waals surface area contributed by atoms with Crippen LogP contribution in [0.1, 0.15) is 42.8 Å². The van der Waals surface area contributed by atoms with Crippen molar-refractivity contribution < 1.29 is 14.3 Å². The number of carboxylic acids is 1. The fourth-order valence-corrected chi connectivity index (χ4v) is 5.54. The van der Waals surface area contributed by atoms with Crippen molar-refractivity contribution in [1.82, 2.24) is 0 Å². The maximum absolute atomic E-state index is 11.8. The highest BCUT2D eigenvalue weighted by atomic mass is 28.3. The Bertz CT molecular complexity index is 878. The molecule has 3 aromatic carbocycles. The molecule has 4 heteroatoms. The van der Waals surface area contributed by atoms with Crippen LogP contribution in [0.4, 0.5) is 0 Å². The van der Waals surface area contributed by atoms with Crippen molar-refractivity contribution in [2.45, 2.75) is 26.9 Å². The minimum absolute atomic E-state index is 0.273. The Labute approximate surface area is 168 Å². The van der Waals surface area contributed by atoms with Gasteiger partial charge in [0, 0.05) is 0 Å². The van der Waals surface area contributed by atoms with Gasteiger partial charge in [0.25, 0.3) is 9.04 Å². The molecule has 1 radical (unpaired) electrons. The topological polar surface area (TPSA) is 46.5 Å². The molecule has 0 aliphatic rings. The van der Waals surface area contributed by atoms with Gasteiger partial charge in [0.1, 0.15) is 0 Å². The predicted octanol–water partition coefficient (Wildman–Crippen LogP) is 4.29. The predicted molar refractivity (Wildman–Crippen MR) is 115 cm³/mol. The van der Waals surface area contributed by atoms with Gasteiger partial charge in [-0.2, -0.15) is 0 Å². The zero-order chi connectivity index (χ0) is 20.1. The molecule has 0 fully saturated rings. The third kappa shape index (κ3) is 4.58. The molecule has 0 aromatic heterocycles. The smallest absolute Gasteiger partial charge is 0.336 e. The van der Waals surface area contributed by atoms with Gasteiger partial charge in [-0.25, -0.2) is 4.79 Å².